The Morgan fingerprint density at radius 1 is 1.06 bits per heavy atom. The molecule has 0 saturated carbocycles. The van der Waals surface area contributed by atoms with E-state index in [0.29, 0.717) is 22.3 Å². The molecule has 1 heterocycles. The fourth-order valence-corrected chi connectivity index (χ4v) is 2.92. The number of carbonyl (C=O) groups excluding carboxylic acids is 2. The van der Waals surface area contributed by atoms with Crippen LogP contribution in [-0.2, 0) is 21.4 Å². The van der Waals surface area contributed by atoms with Crippen LogP contribution in [-0.4, -0.2) is 17.0 Å². The first-order valence-electron chi connectivity index (χ1n) is 9.80. The molecule has 2 N–H and O–H groups in total. The van der Waals surface area contributed by atoms with Crippen LogP contribution in [0.25, 0.3) is 6.08 Å². The highest BCUT2D eigenvalue weighted by Crippen LogP contribution is 2.24. The van der Waals surface area contributed by atoms with Crippen LogP contribution in [0.1, 0.15) is 37.7 Å². The molecule has 0 spiro atoms. The summed E-state index contributed by atoms with van der Waals surface area (Å²) >= 11 is 6.07. The van der Waals surface area contributed by atoms with Crippen LogP contribution < -0.4 is 10.6 Å². The SMILES string of the molecule is CC(C)(C)c1cc(NC(=O)Cc2ccc(NC(=O)C=Cc3ccccc3Cl)cc2)no1. The van der Waals surface area contributed by atoms with Crippen molar-refractivity contribution in [2.75, 3.05) is 10.6 Å². The average molecular weight is 438 g/mol. The van der Waals surface area contributed by atoms with Gasteiger partial charge in [-0.1, -0.05) is 67.9 Å². The van der Waals surface area contributed by atoms with Gasteiger partial charge in [-0.15, -0.1) is 0 Å². The lowest BCUT2D eigenvalue weighted by Crippen LogP contribution is -2.15. The van der Waals surface area contributed by atoms with Crippen molar-refractivity contribution in [3.05, 3.63) is 82.6 Å². The van der Waals surface area contributed by atoms with E-state index in [4.69, 9.17) is 16.1 Å². The van der Waals surface area contributed by atoms with Crippen molar-refractivity contribution in [1.29, 1.82) is 0 Å². The molecular weight excluding hydrogens is 414 g/mol. The molecule has 1 aromatic heterocycles. The molecule has 3 rings (SSSR count). The molecule has 0 atom stereocenters. The lowest BCUT2D eigenvalue weighted by Gasteiger charge is -2.12. The number of anilines is 2. The van der Waals surface area contributed by atoms with Crippen LogP contribution in [0.3, 0.4) is 0 Å². The minimum absolute atomic E-state index is 0.179. The number of hydrogen-bond donors (Lipinski definition) is 2. The standard InChI is InChI=1S/C24H24ClN3O3/c1-24(2,3)20-15-21(28-31-20)27-23(30)14-16-8-11-18(12-9-16)26-22(29)13-10-17-6-4-5-7-19(17)25/h4-13,15H,14H2,1-3H3,(H,26,29)(H,27,28,30). The van der Waals surface area contributed by atoms with E-state index in [2.05, 4.69) is 15.8 Å². The van der Waals surface area contributed by atoms with Gasteiger partial charge in [0.2, 0.25) is 11.8 Å². The van der Waals surface area contributed by atoms with E-state index in [0.717, 1.165) is 11.1 Å². The number of benzene rings is 2. The maximum Gasteiger partial charge on any atom is 0.248 e. The van der Waals surface area contributed by atoms with Gasteiger partial charge in [0, 0.05) is 28.3 Å². The van der Waals surface area contributed by atoms with Crippen molar-refractivity contribution < 1.29 is 14.1 Å². The number of aromatic nitrogens is 1. The second kappa shape index (κ2) is 9.62. The lowest BCUT2D eigenvalue weighted by atomic mass is 9.93. The van der Waals surface area contributed by atoms with E-state index in [1.165, 1.54) is 6.08 Å². The third-order valence-electron chi connectivity index (χ3n) is 4.42. The van der Waals surface area contributed by atoms with E-state index in [1.807, 2.05) is 39.0 Å². The van der Waals surface area contributed by atoms with Crippen LogP contribution in [0.4, 0.5) is 11.5 Å². The van der Waals surface area contributed by atoms with Gasteiger partial charge in [-0.05, 0) is 35.4 Å². The molecule has 0 saturated heterocycles. The van der Waals surface area contributed by atoms with Crippen molar-refractivity contribution >= 4 is 41.0 Å². The van der Waals surface area contributed by atoms with Gasteiger partial charge < -0.3 is 15.2 Å². The van der Waals surface area contributed by atoms with E-state index in [1.54, 1.807) is 42.5 Å². The van der Waals surface area contributed by atoms with Gasteiger partial charge in [-0.25, -0.2) is 0 Å². The molecule has 0 fully saturated rings. The maximum absolute atomic E-state index is 12.3. The summed E-state index contributed by atoms with van der Waals surface area (Å²) in [5.41, 5.74) is 2.02. The van der Waals surface area contributed by atoms with Gasteiger partial charge in [0.25, 0.3) is 0 Å². The summed E-state index contributed by atoms with van der Waals surface area (Å²) in [5.74, 6) is 0.620. The van der Waals surface area contributed by atoms with Gasteiger partial charge in [0.05, 0.1) is 6.42 Å². The first kappa shape index (κ1) is 22.3. The predicted molar refractivity (Wildman–Crippen MR) is 123 cm³/mol. The highest BCUT2D eigenvalue weighted by atomic mass is 35.5. The van der Waals surface area contributed by atoms with Gasteiger partial charge >= 0.3 is 0 Å². The molecule has 0 unspecified atom stereocenters. The van der Waals surface area contributed by atoms with Crippen LogP contribution in [0.5, 0.6) is 0 Å². The molecule has 0 radical (unpaired) electrons. The summed E-state index contributed by atoms with van der Waals surface area (Å²) in [4.78, 5) is 24.4. The van der Waals surface area contributed by atoms with Crippen molar-refractivity contribution in [3.8, 4) is 0 Å². The van der Waals surface area contributed by atoms with Gasteiger partial charge in [0.15, 0.2) is 5.82 Å². The number of nitrogens with one attached hydrogen (secondary N) is 2. The second-order valence-corrected chi connectivity index (χ2v) is 8.50. The molecule has 160 valence electrons. The molecule has 2 amide bonds. The van der Waals surface area contributed by atoms with E-state index >= 15 is 0 Å². The second-order valence-electron chi connectivity index (χ2n) is 8.09. The van der Waals surface area contributed by atoms with E-state index < -0.39 is 0 Å². The van der Waals surface area contributed by atoms with Gasteiger partial charge in [0.1, 0.15) is 5.76 Å². The molecule has 6 nitrogen and oxygen atoms in total. The summed E-state index contributed by atoms with van der Waals surface area (Å²) in [6.45, 7) is 6.02. The smallest absolute Gasteiger partial charge is 0.248 e. The number of rotatable bonds is 6. The summed E-state index contributed by atoms with van der Waals surface area (Å²) < 4.78 is 5.27. The minimum atomic E-state index is -0.272. The molecule has 0 bridgehead atoms. The number of amides is 2. The predicted octanol–water partition coefficient (Wildman–Crippen LogP) is 5.46. The summed E-state index contributed by atoms with van der Waals surface area (Å²) in [5, 5.41) is 9.97. The molecular formula is C24H24ClN3O3. The van der Waals surface area contributed by atoms with Crippen molar-refractivity contribution in [2.45, 2.75) is 32.6 Å². The van der Waals surface area contributed by atoms with Crippen LogP contribution in [0.2, 0.25) is 5.02 Å². The normalized spacial score (nSPS) is 11.5. The largest absolute Gasteiger partial charge is 0.359 e. The Balaban J connectivity index is 1.52. The quantitative estimate of drug-likeness (QED) is 0.501. The fourth-order valence-electron chi connectivity index (χ4n) is 2.73. The zero-order valence-corrected chi connectivity index (χ0v) is 18.4. The monoisotopic (exact) mass is 437 g/mol. The van der Waals surface area contributed by atoms with E-state index in [-0.39, 0.29) is 23.7 Å². The molecule has 0 aliphatic rings. The Labute approximate surface area is 186 Å². The number of carbonyl (C=O) groups is 2. The number of hydrogen-bond acceptors (Lipinski definition) is 4. The van der Waals surface area contributed by atoms with Crippen LogP contribution >= 0.6 is 11.6 Å². The van der Waals surface area contributed by atoms with Gasteiger partial charge in [-0.2, -0.15) is 0 Å². The van der Waals surface area contributed by atoms with Crippen molar-refractivity contribution in [3.63, 3.8) is 0 Å². The minimum Gasteiger partial charge on any atom is -0.359 e. The third-order valence-corrected chi connectivity index (χ3v) is 4.77. The zero-order valence-electron chi connectivity index (χ0n) is 17.6. The Hall–Kier alpha value is -3.38. The third kappa shape index (κ3) is 6.55. The van der Waals surface area contributed by atoms with E-state index in [9.17, 15) is 9.59 Å². The Morgan fingerprint density at radius 3 is 2.42 bits per heavy atom. The fraction of sp³-hybridized carbons (Fsp3) is 0.208. The first-order chi connectivity index (χ1) is 14.7. The van der Waals surface area contributed by atoms with Crippen molar-refractivity contribution in [1.82, 2.24) is 5.16 Å². The molecule has 31 heavy (non-hydrogen) atoms. The summed E-state index contributed by atoms with van der Waals surface area (Å²) in [6, 6.07) is 16.1. The zero-order chi connectivity index (χ0) is 22.4. The highest BCUT2D eigenvalue weighted by molar-refractivity contribution is 6.32. The number of nitrogens with zero attached hydrogens (tertiary/aromatic N) is 1. The van der Waals surface area contributed by atoms with Crippen LogP contribution in [0.15, 0.2) is 65.2 Å². The molecule has 3 aromatic rings. The molecule has 0 aliphatic carbocycles. The topological polar surface area (TPSA) is 84.2 Å². The lowest BCUT2D eigenvalue weighted by molar-refractivity contribution is -0.115. The summed E-state index contributed by atoms with van der Waals surface area (Å²) in [6.07, 6.45) is 3.26. The Kier molecular flexibility index (Phi) is 6.92. The van der Waals surface area contributed by atoms with Crippen LogP contribution in [0, 0.1) is 0 Å². The molecule has 7 heteroatoms. The first-order valence-corrected chi connectivity index (χ1v) is 10.2. The molecule has 0 aliphatic heterocycles. The number of halogens is 1. The highest BCUT2D eigenvalue weighted by Gasteiger charge is 2.20. The Bertz CT molecular complexity index is 1100. The molecule has 2 aromatic carbocycles. The van der Waals surface area contributed by atoms with Crippen molar-refractivity contribution in [2.24, 2.45) is 0 Å². The Morgan fingerprint density at radius 2 is 1.77 bits per heavy atom. The summed E-state index contributed by atoms with van der Waals surface area (Å²) in [7, 11) is 0. The average Bonchev–Trinajstić information content (AvgIpc) is 3.18. The maximum atomic E-state index is 12.3. The van der Waals surface area contributed by atoms with Gasteiger partial charge in [-0.3, -0.25) is 9.59 Å².